The van der Waals surface area contributed by atoms with Crippen molar-refractivity contribution in [2.75, 3.05) is 6.61 Å². The van der Waals surface area contributed by atoms with Crippen molar-refractivity contribution in [3.05, 3.63) is 0 Å². The van der Waals surface area contributed by atoms with E-state index in [0.29, 0.717) is 0 Å². The Morgan fingerprint density at radius 1 is 1.69 bits per heavy atom. The van der Waals surface area contributed by atoms with E-state index in [0.717, 1.165) is 19.3 Å². The van der Waals surface area contributed by atoms with Crippen LogP contribution >= 0.6 is 15.9 Å². The molecule has 3 unspecified atom stereocenters. The van der Waals surface area contributed by atoms with Gasteiger partial charge in [-0.3, -0.25) is 4.79 Å². The van der Waals surface area contributed by atoms with Gasteiger partial charge in [-0.2, -0.15) is 0 Å². The third-order valence-corrected chi connectivity index (χ3v) is 3.00. The zero-order valence-corrected chi connectivity index (χ0v) is 9.38. The molecule has 1 aliphatic carbocycles. The van der Waals surface area contributed by atoms with Crippen molar-refractivity contribution in [3.8, 4) is 0 Å². The van der Waals surface area contributed by atoms with Gasteiger partial charge < -0.3 is 10.4 Å². The summed E-state index contributed by atoms with van der Waals surface area (Å²) >= 11 is 3.21. The quantitative estimate of drug-likeness (QED) is 0.735. The van der Waals surface area contributed by atoms with E-state index in [2.05, 4.69) is 21.2 Å². The fraction of sp³-hybridized carbons (Fsp3) is 0.889. The lowest BCUT2D eigenvalue weighted by molar-refractivity contribution is -0.121. The van der Waals surface area contributed by atoms with Crippen molar-refractivity contribution >= 4 is 21.8 Å². The minimum atomic E-state index is -0.146. The molecular formula is C9H16BrNO2. The van der Waals surface area contributed by atoms with E-state index < -0.39 is 0 Å². The highest BCUT2D eigenvalue weighted by atomic mass is 79.9. The van der Waals surface area contributed by atoms with Crippen LogP contribution in [0.25, 0.3) is 0 Å². The van der Waals surface area contributed by atoms with Gasteiger partial charge in [-0.1, -0.05) is 22.4 Å². The minimum Gasteiger partial charge on any atom is -0.396 e. The number of carbonyl (C=O) groups is 1. The van der Waals surface area contributed by atoms with Crippen molar-refractivity contribution in [1.82, 2.24) is 5.32 Å². The summed E-state index contributed by atoms with van der Waals surface area (Å²) in [6.45, 7) is 1.99. The van der Waals surface area contributed by atoms with E-state index in [4.69, 9.17) is 5.11 Å². The molecule has 0 aromatic carbocycles. The first-order valence-electron chi connectivity index (χ1n) is 4.70. The van der Waals surface area contributed by atoms with E-state index >= 15 is 0 Å². The maximum Gasteiger partial charge on any atom is 0.233 e. The van der Waals surface area contributed by atoms with Gasteiger partial charge in [0.1, 0.15) is 0 Å². The number of carbonyl (C=O) groups excluding carboxylic acids is 1. The number of hydrogen-bond donors (Lipinski definition) is 2. The first-order chi connectivity index (χ1) is 6.15. The SMILES string of the molecule is CC(Br)C(=O)NC1CCCC1CO. The first-order valence-corrected chi connectivity index (χ1v) is 5.62. The molecule has 3 atom stereocenters. The van der Waals surface area contributed by atoms with Gasteiger partial charge in [0.2, 0.25) is 5.91 Å². The molecule has 0 spiro atoms. The van der Waals surface area contributed by atoms with Crippen molar-refractivity contribution in [2.45, 2.75) is 37.1 Å². The molecule has 1 fully saturated rings. The van der Waals surface area contributed by atoms with E-state index in [1.54, 1.807) is 6.92 Å². The highest BCUT2D eigenvalue weighted by Gasteiger charge is 2.28. The van der Waals surface area contributed by atoms with Crippen LogP contribution in [-0.2, 0) is 4.79 Å². The monoisotopic (exact) mass is 249 g/mol. The summed E-state index contributed by atoms with van der Waals surface area (Å²) in [5.41, 5.74) is 0. The number of aliphatic hydroxyl groups is 1. The third kappa shape index (κ3) is 2.95. The van der Waals surface area contributed by atoms with Gasteiger partial charge in [0.05, 0.1) is 4.83 Å². The van der Waals surface area contributed by atoms with Gasteiger partial charge in [0, 0.05) is 18.6 Å². The molecule has 4 heteroatoms. The second-order valence-corrected chi connectivity index (χ2v) is 4.98. The van der Waals surface area contributed by atoms with Crippen LogP contribution in [0.5, 0.6) is 0 Å². The number of alkyl halides is 1. The Hall–Kier alpha value is -0.0900. The molecule has 0 aromatic heterocycles. The molecule has 1 aliphatic rings. The molecular weight excluding hydrogens is 234 g/mol. The van der Waals surface area contributed by atoms with Gasteiger partial charge in [-0.25, -0.2) is 0 Å². The summed E-state index contributed by atoms with van der Waals surface area (Å²) < 4.78 is 0. The second-order valence-electron chi connectivity index (χ2n) is 3.60. The molecule has 1 amide bonds. The second kappa shape index (κ2) is 4.96. The lowest BCUT2D eigenvalue weighted by Gasteiger charge is -2.19. The van der Waals surface area contributed by atoms with E-state index in [9.17, 15) is 4.79 Å². The van der Waals surface area contributed by atoms with E-state index in [1.807, 2.05) is 0 Å². The van der Waals surface area contributed by atoms with Gasteiger partial charge in [0.25, 0.3) is 0 Å². The summed E-state index contributed by atoms with van der Waals surface area (Å²) in [5.74, 6) is 0.278. The number of nitrogens with one attached hydrogen (secondary N) is 1. The van der Waals surface area contributed by atoms with Crippen LogP contribution in [0, 0.1) is 5.92 Å². The predicted octanol–water partition coefficient (Wildman–Crippen LogP) is 1.05. The van der Waals surface area contributed by atoms with E-state index in [1.165, 1.54) is 0 Å². The molecule has 1 rings (SSSR count). The smallest absolute Gasteiger partial charge is 0.233 e. The number of aliphatic hydroxyl groups excluding tert-OH is 1. The number of hydrogen-bond acceptors (Lipinski definition) is 2. The lowest BCUT2D eigenvalue weighted by atomic mass is 10.1. The Morgan fingerprint density at radius 3 is 2.92 bits per heavy atom. The summed E-state index contributed by atoms with van der Waals surface area (Å²) in [6, 6.07) is 0.178. The maximum atomic E-state index is 11.3. The average molecular weight is 250 g/mol. The van der Waals surface area contributed by atoms with Crippen molar-refractivity contribution in [3.63, 3.8) is 0 Å². The Morgan fingerprint density at radius 2 is 2.38 bits per heavy atom. The largest absolute Gasteiger partial charge is 0.396 e. The van der Waals surface area contributed by atoms with Crippen LogP contribution in [-0.4, -0.2) is 28.5 Å². The van der Waals surface area contributed by atoms with Gasteiger partial charge >= 0.3 is 0 Å². The molecule has 0 bridgehead atoms. The maximum absolute atomic E-state index is 11.3. The Kier molecular flexibility index (Phi) is 4.19. The molecule has 0 aromatic rings. The average Bonchev–Trinajstić information content (AvgIpc) is 2.51. The third-order valence-electron chi connectivity index (χ3n) is 2.58. The zero-order valence-electron chi connectivity index (χ0n) is 7.79. The molecule has 1 saturated carbocycles. The van der Waals surface area contributed by atoms with Crippen LogP contribution in [0.1, 0.15) is 26.2 Å². The molecule has 0 saturated heterocycles. The molecule has 0 aliphatic heterocycles. The minimum absolute atomic E-state index is 0.0188. The Bertz CT molecular complexity index is 184. The topological polar surface area (TPSA) is 49.3 Å². The number of rotatable bonds is 3. The molecule has 13 heavy (non-hydrogen) atoms. The highest BCUT2D eigenvalue weighted by Crippen LogP contribution is 2.25. The highest BCUT2D eigenvalue weighted by molar-refractivity contribution is 9.10. The van der Waals surface area contributed by atoms with Gasteiger partial charge in [-0.15, -0.1) is 0 Å². The standard InChI is InChI=1S/C9H16BrNO2/c1-6(10)9(13)11-8-4-2-3-7(8)5-12/h6-8,12H,2-5H2,1H3,(H,11,13). The van der Waals surface area contributed by atoms with Gasteiger partial charge in [-0.05, 0) is 19.8 Å². The van der Waals surface area contributed by atoms with Crippen LogP contribution in [0.2, 0.25) is 0 Å². The summed E-state index contributed by atoms with van der Waals surface area (Å²) in [4.78, 5) is 11.2. The van der Waals surface area contributed by atoms with Crippen molar-refractivity contribution in [1.29, 1.82) is 0 Å². The molecule has 0 heterocycles. The molecule has 2 N–H and O–H groups in total. The van der Waals surface area contributed by atoms with E-state index in [-0.39, 0.29) is 29.3 Å². The molecule has 3 nitrogen and oxygen atoms in total. The van der Waals surface area contributed by atoms with Crippen LogP contribution in [0.4, 0.5) is 0 Å². The number of amides is 1. The van der Waals surface area contributed by atoms with Crippen LogP contribution < -0.4 is 5.32 Å². The number of halogens is 1. The summed E-state index contributed by atoms with van der Waals surface area (Å²) in [6.07, 6.45) is 3.13. The van der Waals surface area contributed by atoms with Crippen molar-refractivity contribution in [2.24, 2.45) is 5.92 Å². The van der Waals surface area contributed by atoms with Crippen molar-refractivity contribution < 1.29 is 9.90 Å². The normalized spacial score (nSPS) is 30.1. The Labute approximate surface area is 87.0 Å². The molecule has 0 radical (unpaired) electrons. The van der Waals surface area contributed by atoms with Crippen LogP contribution in [0.3, 0.4) is 0 Å². The summed E-state index contributed by atoms with van der Waals surface area (Å²) in [7, 11) is 0. The molecule has 76 valence electrons. The fourth-order valence-corrected chi connectivity index (χ4v) is 1.88. The summed E-state index contributed by atoms with van der Waals surface area (Å²) in [5, 5.41) is 12.0. The van der Waals surface area contributed by atoms with Gasteiger partial charge in [0.15, 0.2) is 0 Å². The van der Waals surface area contributed by atoms with Crippen LogP contribution in [0.15, 0.2) is 0 Å². The first kappa shape index (κ1) is 11.0. The lowest BCUT2D eigenvalue weighted by Crippen LogP contribution is -2.41. The fourth-order valence-electron chi connectivity index (χ4n) is 1.74. The predicted molar refractivity (Wildman–Crippen MR) is 54.7 cm³/mol. The Balaban J connectivity index is 2.39. The zero-order chi connectivity index (χ0) is 9.84.